The summed E-state index contributed by atoms with van der Waals surface area (Å²) in [6, 6.07) is 8.09. The highest BCUT2D eigenvalue weighted by atomic mass is 16.6. The van der Waals surface area contributed by atoms with E-state index in [-0.39, 0.29) is 5.76 Å². The predicted octanol–water partition coefficient (Wildman–Crippen LogP) is 3.39. The molecule has 2 rings (SSSR count). The lowest BCUT2D eigenvalue weighted by molar-refractivity contribution is -0.402. The molecule has 26 heavy (non-hydrogen) atoms. The summed E-state index contributed by atoms with van der Waals surface area (Å²) in [5, 5.41) is 13.2. The van der Waals surface area contributed by atoms with Crippen LogP contribution in [-0.4, -0.2) is 22.9 Å². The highest BCUT2D eigenvalue weighted by molar-refractivity contribution is 5.97. The van der Waals surface area contributed by atoms with Gasteiger partial charge in [-0.2, -0.15) is 0 Å². The van der Waals surface area contributed by atoms with Crippen LogP contribution in [0.2, 0.25) is 0 Å². The highest BCUT2D eigenvalue weighted by Crippen LogP contribution is 2.18. The SMILES string of the molecule is Cc1ccc(NC(=O)[C@H](C)OC(=O)/C=C/c2ccc([N+](=O)[O-])o2)c(C)c1. The molecule has 0 spiro atoms. The zero-order valence-corrected chi connectivity index (χ0v) is 14.5. The molecule has 1 atom stereocenters. The fourth-order valence-corrected chi connectivity index (χ4v) is 2.14. The molecule has 0 fully saturated rings. The van der Waals surface area contributed by atoms with Gasteiger partial charge in [0.1, 0.15) is 10.7 Å². The van der Waals surface area contributed by atoms with Crippen LogP contribution in [0.25, 0.3) is 6.08 Å². The van der Waals surface area contributed by atoms with Crippen molar-refractivity contribution in [3.8, 4) is 0 Å². The summed E-state index contributed by atoms with van der Waals surface area (Å²) in [6.45, 7) is 5.26. The van der Waals surface area contributed by atoms with Crippen molar-refractivity contribution in [2.75, 3.05) is 5.32 Å². The molecule has 8 heteroatoms. The van der Waals surface area contributed by atoms with E-state index in [1.54, 1.807) is 6.07 Å². The molecule has 0 aliphatic carbocycles. The molecule has 1 aromatic carbocycles. The van der Waals surface area contributed by atoms with E-state index in [9.17, 15) is 19.7 Å². The van der Waals surface area contributed by atoms with Gasteiger partial charge in [0.15, 0.2) is 6.10 Å². The number of hydrogen-bond acceptors (Lipinski definition) is 6. The van der Waals surface area contributed by atoms with Crippen LogP contribution < -0.4 is 5.32 Å². The molecule has 1 N–H and O–H groups in total. The van der Waals surface area contributed by atoms with E-state index in [4.69, 9.17) is 9.15 Å². The van der Waals surface area contributed by atoms with E-state index in [1.807, 2.05) is 26.0 Å². The van der Waals surface area contributed by atoms with Crippen LogP contribution >= 0.6 is 0 Å². The van der Waals surface area contributed by atoms with Gasteiger partial charge in [0.25, 0.3) is 5.91 Å². The van der Waals surface area contributed by atoms with Crippen LogP contribution in [0.5, 0.6) is 0 Å². The number of amides is 1. The number of aryl methyl sites for hydroxylation is 2. The maximum Gasteiger partial charge on any atom is 0.433 e. The summed E-state index contributed by atoms with van der Waals surface area (Å²) in [7, 11) is 0. The monoisotopic (exact) mass is 358 g/mol. The number of carbonyl (C=O) groups is 2. The molecule has 1 amide bonds. The van der Waals surface area contributed by atoms with E-state index in [1.165, 1.54) is 25.1 Å². The van der Waals surface area contributed by atoms with Crippen LogP contribution in [0.4, 0.5) is 11.6 Å². The Kier molecular flexibility index (Phi) is 5.90. The molecule has 0 bridgehead atoms. The molecule has 0 radical (unpaired) electrons. The van der Waals surface area contributed by atoms with Gasteiger partial charge in [0.2, 0.25) is 0 Å². The Morgan fingerprint density at radius 2 is 2.00 bits per heavy atom. The Balaban J connectivity index is 1.91. The fourth-order valence-electron chi connectivity index (χ4n) is 2.14. The van der Waals surface area contributed by atoms with Gasteiger partial charge in [-0.25, -0.2) is 4.79 Å². The Hall–Kier alpha value is -3.42. The number of benzene rings is 1. The molecule has 1 aromatic heterocycles. The molecule has 0 saturated carbocycles. The molecule has 0 saturated heterocycles. The van der Waals surface area contributed by atoms with Gasteiger partial charge >= 0.3 is 11.9 Å². The summed E-state index contributed by atoms with van der Waals surface area (Å²) >= 11 is 0. The number of rotatable bonds is 6. The van der Waals surface area contributed by atoms with Crippen molar-refractivity contribution in [3.05, 3.63) is 63.4 Å². The number of nitrogens with zero attached hydrogens (tertiary/aromatic N) is 1. The van der Waals surface area contributed by atoms with Crippen molar-refractivity contribution in [3.63, 3.8) is 0 Å². The maximum absolute atomic E-state index is 12.1. The molecular weight excluding hydrogens is 340 g/mol. The predicted molar refractivity (Wildman–Crippen MR) is 94.5 cm³/mol. The van der Waals surface area contributed by atoms with Crippen molar-refractivity contribution in [2.24, 2.45) is 0 Å². The second-order valence-corrected chi connectivity index (χ2v) is 5.65. The molecule has 0 aliphatic rings. The van der Waals surface area contributed by atoms with E-state index < -0.39 is 28.8 Å². The van der Waals surface area contributed by atoms with E-state index in [2.05, 4.69) is 5.32 Å². The Bertz CT molecular complexity index is 868. The fraction of sp³-hybridized carbons (Fsp3) is 0.222. The molecular formula is C18H18N2O6. The van der Waals surface area contributed by atoms with Crippen LogP contribution in [0, 0.1) is 24.0 Å². The molecule has 0 unspecified atom stereocenters. The van der Waals surface area contributed by atoms with Gasteiger partial charge in [-0.05, 0) is 44.5 Å². The summed E-state index contributed by atoms with van der Waals surface area (Å²) < 4.78 is 9.89. The number of carbonyl (C=O) groups excluding carboxylic acids is 2. The third-order valence-corrected chi connectivity index (χ3v) is 3.48. The van der Waals surface area contributed by atoms with Crippen molar-refractivity contribution in [1.29, 1.82) is 0 Å². The highest BCUT2D eigenvalue weighted by Gasteiger charge is 2.17. The first-order chi connectivity index (χ1) is 12.3. The first-order valence-corrected chi connectivity index (χ1v) is 7.77. The molecule has 1 heterocycles. The zero-order valence-electron chi connectivity index (χ0n) is 14.5. The van der Waals surface area contributed by atoms with Gasteiger partial charge < -0.3 is 14.5 Å². The lowest BCUT2D eigenvalue weighted by Crippen LogP contribution is -2.29. The van der Waals surface area contributed by atoms with Crippen LogP contribution in [0.1, 0.15) is 23.8 Å². The zero-order chi connectivity index (χ0) is 19.3. The lowest BCUT2D eigenvalue weighted by Gasteiger charge is -2.14. The van der Waals surface area contributed by atoms with Gasteiger partial charge in [0, 0.05) is 11.8 Å². The minimum atomic E-state index is -1.02. The number of esters is 1. The normalized spacial score (nSPS) is 12.0. The summed E-state index contributed by atoms with van der Waals surface area (Å²) in [5.41, 5.74) is 2.61. The third kappa shape index (κ3) is 5.04. The largest absolute Gasteiger partial charge is 0.449 e. The minimum Gasteiger partial charge on any atom is -0.449 e. The summed E-state index contributed by atoms with van der Waals surface area (Å²) in [5.74, 6) is -1.54. The summed E-state index contributed by atoms with van der Waals surface area (Å²) in [6.07, 6.45) is 1.24. The van der Waals surface area contributed by atoms with Gasteiger partial charge in [0.05, 0.1) is 6.07 Å². The quantitative estimate of drug-likeness (QED) is 0.367. The molecule has 2 aromatic rings. The van der Waals surface area contributed by atoms with Crippen molar-refractivity contribution >= 4 is 29.5 Å². The van der Waals surface area contributed by atoms with E-state index in [0.717, 1.165) is 17.2 Å². The number of nitro groups is 1. The standard InChI is InChI=1S/C18H18N2O6/c1-11-4-7-15(12(2)10-11)19-18(22)13(3)25-17(21)9-6-14-5-8-16(26-14)20(23)24/h4-10,13H,1-3H3,(H,19,22)/b9-6+/t13-/m0/s1. The lowest BCUT2D eigenvalue weighted by atomic mass is 10.1. The second-order valence-electron chi connectivity index (χ2n) is 5.65. The van der Waals surface area contributed by atoms with Crippen molar-refractivity contribution in [1.82, 2.24) is 0 Å². The molecule has 8 nitrogen and oxygen atoms in total. The van der Waals surface area contributed by atoms with Crippen LogP contribution in [-0.2, 0) is 14.3 Å². The third-order valence-electron chi connectivity index (χ3n) is 3.48. The average molecular weight is 358 g/mol. The van der Waals surface area contributed by atoms with E-state index >= 15 is 0 Å². The van der Waals surface area contributed by atoms with Crippen LogP contribution in [0.3, 0.4) is 0 Å². The second kappa shape index (κ2) is 8.11. The molecule has 136 valence electrons. The molecule has 0 aliphatic heterocycles. The minimum absolute atomic E-state index is 0.126. The Labute approximate surface area is 149 Å². The number of nitrogens with one attached hydrogen (secondary N) is 1. The van der Waals surface area contributed by atoms with Gasteiger partial charge in [-0.3, -0.25) is 14.9 Å². The number of hydrogen-bond donors (Lipinski definition) is 1. The first-order valence-electron chi connectivity index (χ1n) is 7.77. The Morgan fingerprint density at radius 1 is 1.27 bits per heavy atom. The Morgan fingerprint density at radius 3 is 2.62 bits per heavy atom. The maximum atomic E-state index is 12.1. The topological polar surface area (TPSA) is 112 Å². The van der Waals surface area contributed by atoms with Crippen LogP contribution in [0.15, 0.2) is 40.8 Å². The number of furan rings is 1. The van der Waals surface area contributed by atoms with Gasteiger partial charge in [-0.15, -0.1) is 0 Å². The smallest absolute Gasteiger partial charge is 0.433 e. The first kappa shape index (κ1) is 18.9. The summed E-state index contributed by atoms with van der Waals surface area (Å²) in [4.78, 5) is 33.7. The number of anilines is 1. The van der Waals surface area contributed by atoms with Gasteiger partial charge in [-0.1, -0.05) is 17.7 Å². The number of ether oxygens (including phenoxy) is 1. The average Bonchev–Trinajstić information content (AvgIpc) is 3.04. The van der Waals surface area contributed by atoms with Crippen molar-refractivity contribution < 1.29 is 23.7 Å². The van der Waals surface area contributed by atoms with E-state index in [0.29, 0.717) is 5.69 Å². The van der Waals surface area contributed by atoms with Crippen molar-refractivity contribution in [2.45, 2.75) is 26.9 Å².